The SMILES string of the molecule is CN(C)C(O)c1ncnn1C. The van der Waals surface area contributed by atoms with Gasteiger partial charge >= 0.3 is 0 Å². The van der Waals surface area contributed by atoms with Crippen molar-refractivity contribution in [2.24, 2.45) is 7.05 Å². The normalized spacial score (nSPS) is 13.9. The van der Waals surface area contributed by atoms with Crippen molar-refractivity contribution in [3.8, 4) is 0 Å². The van der Waals surface area contributed by atoms with Gasteiger partial charge in [-0.3, -0.25) is 4.90 Å². The first-order chi connectivity index (χ1) is 5.13. The summed E-state index contributed by atoms with van der Waals surface area (Å²) in [5, 5.41) is 13.3. The molecule has 5 heteroatoms. The van der Waals surface area contributed by atoms with Crippen molar-refractivity contribution in [3.63, 3.8) is 0 Å². The maximum absolute atomic E-state index is 9.47. The van der Waals surface area contributed by atoms with Crippen LogP contribution in [0.1, 0.15) is 12.1 Å². The third kappa shape index (κ3) is 1.55. The average Bonchev–Trinajstić information content (AvgIpc) is 2.33. The van der Waals surface area contributed by atoms with E-state index in [1.807, 2.05) is 0 Å². The van der Waals surface area contributed by atoms with E-state index in [4.69, 9.17) is 0 Å². The Kier molecular flexibility index (Phi) is 2.21. The van der Waals surface area contributed by atoms with Crippen molar-refractivity contribution in [2.45, 2.75) is 6.23 Å². The second-order valence-electron chi connectivity index (χ2n) is 2.58. The van der Waals surface area contributed by atoms with Crippen LogP contribution in [-0.2, 0) is 7.05 Å². The zero-order valence-electron chi connectivity index (χ0n) is 6.89. The van der Waals surface area contributed by atoms with Crippen LogP contribution in [0, 0.1) is 0 Å². The Morgan fingerprint density at radius 2 is 2.27 bits per heavy atom. The quantitative estimate of drug-likeness (QED) is 0.579. The van der Waals surface area contributed by atoms with E-state index in [1.54, 1.807) is 30.7 Å². The van der Waals surface area contributed by atoms with E-state index in [2.05, 4.69) is 10.1 Å². The van der Waals surface area contributed by atoms with E-state index >= 15 is 0 Å². The van der Waals surface area contributed by atoms with Gasteiger partial charge in [0.25, 0.3) is 0 Å². The number of aliphatic hydroxyl groups excluding tert-OH is 1. The molecule has 0 fully saturated rings. The van der Waals surface area contributed by atoms with Gasteiger partial charge in [-0.2, -0.15) is 5.10 Å². The molecule has 0 saturated heterocycles. The second kappa shape index (κ2) is 2.98. The highest BCUT2D eigenvalue weighted by Crippen LogP contribution is 2.08. The minimum absolute atomic E-state index is 0.551. The Morgan fingerprint density at radius 3 is 2.64 bits per heavy atom. The molecule has 1 aromatic heterocycles. The monoisotopic (exact) mass is 156 g/mol. The van der Waals surface area contributed by atoms with Gasteiger partial charge in [-0.05, 0) is 14.1 Å². The fraction of sp³-hybridized carbons (Fsp3) is 0.667. The molecule has 62 valence electrons. The maximum atomic E-state index is 9.47. The molecule has 1 unspecified atom stereocenters. The highest BCUT2D eigenvalue weighted by atomic mass is 16.3. The molecule has 1 heterocycles. The Morgan fingerprint density at radius 1 is 1.64 bits per heavy atom. The van der Waals surface area contributed by atoms with Gasteiger partial charge in [0.2, 0.25) is 0 Å². The Hall–Kier alpha value is -0.940. The van der Waals surface area contributed by atoms with Crippen molar-refractivity contribution < 1.29 is 5.11 Å². The molecule has 0 aromatic carbocycles. The third-order valence-corrected chi connectivity index (χ3v) is 1.47. The van der Waals surface area contributed by atoms with Crippen molar-refractivity contribution in [1.29, 1.82) is 0 Å². The van der Waals surface area contributed by atoms with E-state index in [1.165, 1.54) is 6.33 Å². The summed E-state index contributed by atoms with van der Waals surface area (Å²) < 4.78 is 1.55. The van der Waals surface area contributed by atoms with Crippen molar-refractivity contribution >= 4 is 0 Å². The van der Waals surface area contributed by atoms with Crippen molar-refractivity contribution in [2.75, 3.05) is 14.1 Å². The van der Waals surface area contributed by atoms with Gasteiger partial charge in [0.1, 0.15) is 6.33 Å². The predicted molar refractivity (Wildman–Crippen MR) is 39.6 cm³/mol. The van der Waals surface area contributed by atoms with E-state index in [9.17, 15) is 5.11 Å². The minimum Gasteiger partial charge on any atom is -0.371 e. The molecule has 0 bridgehead atoms. The number of nitrogens with zero attached hydrogens (tertiary/aromatic N) is 4. The lowest BCUT2D eigenvalue weighted by molar-refractivity contribution is 0.0287. The smallest absolute Gasteiger partial charge is 0.170 e. The van der Waals surface area contributed by atoms with Crippen LogP contribution in [0.15, 0.2) is 6.33 Å². The van der Waals surface area contributed by atoms with Crippen molar-refractivity contribution in [3.05, 3.63) is 12.2 Å². The number of aryl methyl sites for hydroxylation is 1. The van der Waals surface area contributed by atoms with Crippen LogP contribution >= 0.6 is 0 Å². The number of aromatic nitrogens is 3. The average molecular weight is 156 g/mol. The number of rotatable bonds is 2. The van der Waals surface area contributed by atoms with Gasteiger partial charge in [-0.25, -0.2) is 9.67 Å². The summed E-state index contributed by atoms with van der Waals surface area (Å²) in [4.78, 5) is 5.55. The fourth-order valence-corrected chi connectivity index (χ4v) is 0.770. The van der Waals surface area contributed by atoms with E-state index in [-0.39, 0.29) is 0 Å². The summed E-state index contributed by atoms with van der Waals surface area (Å²) in [6.45, 7) is 0. The summed E-state index contributed by atoms with van der Waals surface area (Å²) in [7, 11) is 5.30. The molecule has 0 spiro atoms. The fourth-order valence-electron chi connectivity index (χ4n) is 0.770. The Labute approximate surface area is 65.3 Å². The van der Waals surface area contributed by atoms with Crippen LogP contribution in [-0.4, -0.2) is 38.9 Å². The highest BCUT2D eigenvalue weighted by Gasteiger charge is 2.14. The van der Waals surface area contributed by atoms with Crippen LogP contribution < -0.4 is 0 Å². The molecule has 0 aliphatic rings. The summed E-state index contributed by atoms with van der Waals surface area (Å²) in [5.41, 5.74) is 0. The predicted octanol–water partition coefficient (Wildman–Crippen LogP) is -0.632. The van der Waals surface area contributed by atoms with Gasteiger partial charge in [-0.15, -0.1) is 0 Å². The first kappa shape index (κ1) is 8.16. The largest absolute Gasteiger partial charge is 0.371 e. The van der Waals surface area contributed by atoms with Crippen molar-refractivity contribution in [1.82, 2.24) is 19.7 Å². The summed E-state index contributed by atoms with van der Waals surface area (Å²) >= 11 is 0. The van der Waals surface area contributed by atoms with Gasteiger partial charge in [0, 0.05) is 7.05 Å². The molecular formula is C6H12N4O. The zero-order valence-corrected chi connectivity index (χ0v) is 6.89. The molecule has 1 rings (SSSR count). The van der Waals surface area contributed by atoms with Crippen LogP contribution in [0.4, 0.5) is 0 Å². The molecule has 0 saturated carbocycles. The third-order valence-electron chi connectivity index (χ3n) is 1.47. The molecule has 1 N–H and O–H groups in total. The first-order valence-corrected chi connectivity index (χ1v) is 3.31. The van der Waals surface area contributed by atoms with Gasteiger partial charge in [0.05, 0.1) is 0 Å². The summed E-state index contributed by atoms with van der Waals surface area (Å²) in [6.07, 6.45) is 0.740. The molecule has 5 nitrogen and oxygen atoms in total. The number of hydrogen-bond donors (Lipinski definition) is 1. The van der Waals surface area contributed by atoms with Crippen LogP contribution in [0.5, 0.6) is 0 Å². The molecule has 0 amide bonds. The Balaban J connectivity index is 2.84. The number of hydrogen-bond acceptors (Lipinski definition) is 4. The van der Waals surface area contributed by atoms with Crippen LogP contribution in [0.25, 0.3) is 0 Å². The maximum Gasteiger partial charge on any atom is 0.170 e. The van der Waals surface area contributed by atoms with Gasteiger partial charge < -0.3 is 5.11 Å². The zero-order chi connectivity index (χ0) is 8.43. The van der Waals surface area contributed by atoms with Gasteiger partial charge in [-0.1, -0.05) is 0 Å². The molecular weight excluding hydrogens is 144 g/mol. The van der Waals surface area contributed by atoms with E-state index < -0.39 is 6.23 Å². The highest BCUT2D eigenvalue weighted by molar-refractivity contribution is 4.87. The summed E-state index contributed by atoms with van der Waals surface area (Å²) in [6, 6.07) is 0. The minimum atomic E-state index is -0.678. The standard InChI is InChI=1S/C6H12N4O/c1-9(2)6(11)5-7-4-8-10(5)3/h4,6,11H,1-3H3. The van der Waals surface area contributed by atoms with Crippen LogP contribution in [0.2, 0.25) is 0 Å². The topological polar surface area (TPSA) is 54.2 Å². The first-order valence-electron chi connectivity index (χ1n) is 3.31. The molecule has 0 aliphatic carbocycles. The molecule has 1 aromatic rings. The second-order valence-corrected chi connectivity index (χ2v) is 2.58. The van der Waals surface area contributed by atoms with Crippen LogP contribution in [0.3, 0.4) is 0 Å². The lowest BCUT2D eigenvalue weighted by Gasteiger charge is -2.16. The molecule has 0 radical (unpaired) electrons. The molecule has 1 atom stereocenters. The molecule has 11 heavy (non-hydrogen) atoms. The van der Waals surface area contributed by atoms with Gasteiger partial charge in [0.15, 0.2) is 12.1 Å². The Bertz CT molecular complexity index is 232. The lowest BCUT2D eigenvalue weighted by Crippen LogP contribution is -2.22. The van der Waals surface area contributed by atoms with E-state index in [0.29, 0.717) is 5.82 Å². The number of aliphatic hydroxyl groups is 1. The molecule has 0 aliphatic heterocycles. The van der Waals surface area contributed by atoms with E-state index in [0.717, 1.165) is 0 Å². The summed E-state index contributed by atoms with van der Waals surface area (Å²) in [5.74, 6) is 0.551. The lowest BCUT2D eigenvalue weighted by atomic mass is 10.5.